The SMILES string of the molecule is CC1(C)Cc2cccc(CN(CCO)CCN3CCOCC3)c2O1. The number of para-hydroxylation sites is 1. The molecule has 0 unspecified atom stereocenters. The van der Waals surface area contributed by atoms with E-state index in [1.165, 1.54) is 11.1 Å². The van der Waals surface area contributed by atoms with Crippen molar-refractivity contribution in [3.8, 4) is 5.75 Å². The highest BCUT2D eigenvalue weighted by atomic mass is 16.5. The summed E-state index contributed by atoms with van der Waals surface area (Å²) in [6.45, 7) is 11.6. The summed E-state index contributed by atoms with van der Waals surface area (Å²) in [7, 11) is 0. The molecular weight excluding hydrogens is 304 g/mol. The molecule has 1 aromatic rings. The summed E-state index contributed by atoms with van der Waals surface area (Å²) in [4.78, 5) is 4.75. The molecule has 0 spiro atoms. The lowest BCUT2D eigenvalue weighted by atomic mass is 10.0. The highest BCUT2D eigenvalue weighted by Crippen LogP contribution is 2.37. The normalized spacial score (nSPS) is 20.2. The number of aliphatic hydroxyl groups excluding tert-OH is 1. The molecule has 2 aliphatic rings. The predicted octanol–water partition coefficient (Wildman–Crippen LogP) is 1.53. The van der Waals surface area contributed by atoms with Gasteiger partial charge in [0, 0.05) is 51.3 Å². The van der Waals surface area contributed by atoms with Crippen LogP contribution in [0, 0.1) is 0 Å². The van der Waals surface area contributed by atoms with Crippen LogP contribution in [0.3, 0.4) is 0 Å². The number of aliphatic hydroxyl groups is 1. The minimum Gasteiger partial charge on any atom is -0.487 e. The summed E-state index contributed by atoms with van der Waals surface area (Å²) in [5, 5.41) is 9.42. The Hall–Kier alpha value is -1.14. The first-order valence-electron chi connectivity index (χ1n) is 9.00. The van der Waals surface area contributed by atoms with Gasteiger partial charge in [0.2, 0.25) is 0 Å². The molecule has 24 heavy (non-hydrogen) atoms. The smallest absolute Gasteiger partial charge is 0.127 e. The molecule has 1 saturated heterocycles. The molecule has 0 aromatic heterocycles. The first kappa shape index (κ1) is 17.7. The number of hydrogen-bond donors (Lipinski definition) is 1. The second kappa shape index (κ2) is 7.83. The van der Waals surface area contributed by atoms with Crippen molar-refractivity contribution >= 4 is 0 Å². The Morgan fingerprint density at radius 2 is 2.00 bits per heavy atom. The molecule has 3 rings (SSSR count). The van der Waals surface area contributed by atoms with Gasteiger partial charge in [-0.15, -0.1) is 0 Å². The zero-order valence-corrected chi connectivity index (χ0v) is 15.0. The van der Waals surface area contributed by atoms with E-state index in [9.17, 15) is 5.11 Å². The lowest BCUT2D eigenvalue weighted by Crippen LogP contribution is -2.41. The topological polar surface area (TPSA) is 45.2 Å². The van der Waals surface area contributed by atoms with E-state index in [0.29, 0.717) is 6.54 Å². The fourth-order valence-electron chi connectivity index (χ4n) is 3.56. The Kier molecular flexibility index (Phi) is 5.76. The van der Waals surface area contributed by atoms with Gasteiger partial charge >= 0.3 is 0 Å². The van der Waals surface area contributed by atoms with Gasteiger partial charge in [0.15, 0.2) is 0 Å². The third kappa shape index (κ3) is 4.48. The third-order valence-corrected chi connectivity index (χ3v) is 4.82. The van der Waals surface area contributed by atoms with Crippen LogP contribution in [-0.4, -0.2) is 73.1 Å². The van der Waals surface area contributed by atoms with E-state index < -0.39 is 0 Å². The van der Waals surface area contributed by atoms with Gasteiger partial charge in [-0.2, -0.15) is 0 Å². The zero-order chi connectivity index (χ0) is 17.0. The van der Waals surface area contributed by atoms with E-state index in [4.69, 9.17) is 9.47 Å². The zero-order valence-electron chi connectivity index (χ0n) is 15.0. The van der Waals surface area contributed by atoms with Gasteiger partial charge in [0.05, 0.1) is 19.8 Å². The van der Waals surface area contributed by atoms with Crippen molar-refractivity contribution in [2.24, 2.45) is 0 Å². The quantitative estimate of drug-likeness (QED) is 0.819. The second-order valence-corrected chi connectivity index (χ2v) is 7.40. The standard InChI is InChI=1S/C19H30N2O3/c1-19(2)14-16-4-3-5-17(18(16)24-19)15-21(8-11-22)7-6-20-9-12-23-13-10-20/h3-5,22H,6-15H2,1-2H3. The first-order valence-corrected chi connectivity index (χ1v) is 9.00. The molecule has 0 atom stereocenters. The largest absolute Gasteiger partial charge is 0.487 e. The molecule has 0 bridgehead atoms. The average Bonchev–Trinajstić information content (AvgIpc) is 2.89. The maximum absolute atomic E-state index is 9.42. The van der Waals surface area contributed by atoms with Crippen LogP contribution in [0.4, 0.5) is 0 Å². The van der Waals surface area contributed by atoms with E-state index in [0.717, 1.165) is 58.1 Å². The molecule has 2 heterocycles. The molecule has 134 valence electrons. The first-order chi connectivity index (χ1) is 11.6. The number of fused-ring (bicyclic) bond motifs is 1. The summed E-state index contributed by atoms with van der Waals surface area (Å²) >= 11 is 0. The highest BCUT2D eigenvalue weighted by molar-refractivity contribution is 5.45. The number of rotatable bonds is 7. The van der Waals surface area contributed by atoms with Crippen molar-refractivity contribution in [3.63, 3.8) is 0 Å². The summed E-state index contributed by atoms with van der Waals surface area (Å²) < 4.78 is 11.6. The summed E-state index contributed by atoms with van der Waals surface area (Å²) in [6.07, 6.45) is 0.962. The van der Waals surface area contributed by atoms with Gasteiger partial charge < -0.3 is 14.6 Å². The fraction of sp³-hybridized carbons (Fsp3) is 0.684. The predicted molar refractivity (Wildman–Crippen MR) is 94.5 cm³/mol. The lowest BCUT2D eigenvalue weighted by molar-refractivity contribution is 0.0319. The molecule has 1 aromatic carbocycles. The van der Waals surface area contributed by atoms with Crippen molar-refractivity contribution < 1.29 is 14.6 Å². The number of nitrogens with zero attached hydrogens (tertiary/aromatic N) is 2. The third-order valence-electron chi connectivity index (χ3n) is 4.82. The van der Waals surface area contributed by atoms with Crippen LogP contribution >= 0.6 is 0 Å². The minimum absolute atomic E-state index is 0.117. The molecule has 0 amide bonds. The number of morpholine rings is 1. The van der Waals surface area contributed by atoms with Crippen LogP contribution in [0.1, 0.15) is 25.0 Å². The molecule has 0 aliphatic carbocycles. The number of benzene rings is 1. The van der Waals surface area contributed by atoms with E-state index >= 15 is 0 Å². The van der Waals surface area contributed by atoms with Crippen LogP contribution in [0.2, 0.25) is 0 Å². The van der Waals surface area contributed by atoms with Crippen LogP contribution in [0.25, 0.3) is 0 Å². The number of ether oxygens (including phenoxy) is 2. The molecular formula is C19H30N2O3. The maximum atomic E-state index is 9.42. The summed E-state index contributed by atoms with van der Waals surface area (Å²) in [5.41, 5.74) is 2.41. The molecule has 1 N–H and O–H groups in total. The van der Waals surface area contributed by atoms with Crippen molar-refractivity contribution in [3.05, 3.63) is 29.3 Å². The molecule has 5 nitrogen and oxygen atoms in total. The fourth-order valence-corrected chi connectivity index (χ4v) is 3.56. The van der Waals surface area contributed by atoms with Crippen LogP contribution in [0.15, 0.2) is 18.2 Å². The van der Waals surface area contributed by atoms with Gasteiger partial charge in [-0.05, 0) is 19.4 Å². The Bertz CT molecular complexity index is 541. The van der Waals surface area contributed by atoms with E-state index in [-0.39, 0.29) is 12.2 Å². The van der Waals surface area contributed by atoms with Crippen molar-refractivity contribution in [1.29, 1.82) is 0 Å². The van der Waals surface area contributed by atoms with Crippen molar-refractivity contribution in [1.82, 2.24) is 9.80 Å². The van der Waals surface area contributed by atoms with Crippen LogP contribution in [-0.2, 0) is 17.7 Å². The monoisotopic (exact) mass is 334 g/mol. The molecule has 5 heteroatoms. The van der Waals surface area contributed by atoms with E-state index in [1.807, 2.05) is 0 Å². The van der Waals surface area contributed by atoms with E-state index in [1.54, 1.807) is 0 Å². The Balaban J connectivity index is 1.62. The van der Waals surface area contributed by atoms with Gasteiger partial charge in [0.1, 0.15) is 11.4 Å². The highest BCUT2D eigenvalue weighted by Gasteiger charge is 2.31. The van der Waals surface area contributed by atoms with Gasteiger partial charge in [-0.1, -0.05) is 18.2 Å². The summed E-state index contributed by atoms with van der Waals surface area (Å²) in [5.74, 6) is 1.05. The van der Waals surface area contributed by atoms with Gasteiger partial charge in [-0.25, -0.2) is 0 Å². The van der Waals surface area contributed by atoms with Crippen molar-refractivity contribution in [2.75, 3.05) is 52.5 Å². The molecule has 1 fully saturated rings. The van der Waals surface area contributed by atoms with Crippen molar-refractivity contribution in [2.45, 2.75) is 32.4 Å². The summed E-state index contributed by atoms with van der Waals surface area (Å²) in [6, 6.07) is 6.44. The van der Waals surface area contributed by atoms with Crippen LogP contribution < -0.4 is 4.74 Å². The average molecular weight is 334 g/mol. The van der Waals surface area contributed by atoms with E-state index in [2.05, 4.69) is 41.8 Å². The second-order valence-electron chi connectivity index (χ2n) is 7.40. The Morgan fingerprint density at radius 3 is 2.75 bits per heavy atom. The molecule has 0 radical (unpaired) electrons. The maximum Gasteiger partial charge on any atom is 0.127 e. The molecule has 2 aliphatic heterocycles. The molecule has 0 saturated carbocycles. The lowest BCUT2D eigenvalue weighted by Gasteiger charge is -2.30. The van der Waals surface area contributed by atoms with Crippen LogP contribution in [0.5, 0.6) is 5.75 Å². The Morgan fingerprint density at radius 1 is 1.21 bits per heavy atom. The van der Waals surface area contributed by atoms with Gasteiger partial charge in [0.25, 0.3) is 0 Å². The Labute approximate surface area is 145 Å². The number of hydrogen-bond acceptors (Lipinski definition) is 5. The van der Waals surface area contributed by atoms with Gasteiger partial charge in [-0.3, -0.25) is 9.80 Å². The minimum atomic E-state index is -0.117.